The Bertz CT molecular complexity index is 437. The number of ether oxygens (including phenoxy) is 1. The van der Waals surface area contributed by atoms with E-state index < -0.39 is 29.7 Å². The average molecular weight is 281 g/mol. The molecule has 0 spiro atoms. The molecule has 0 aliphatic carbocycles. The van der Waals surface area contributed by atoms with Crippen molar-refractivity contribution in [1.29, 1.82) is 0 Å². The van der Waals surface area contributed by atoms with E-state index in [1.165, 1.54) is 7.11 Å². The Hall–Kier alpha value is -1.58. The third-order valence-electron chi connectivity index (χ3n) is 2.27. The Kier molecular flexibility index (Phi) is 7.80. The third kappa shape index (κ3) is 4.89. The molecule has 0 saturated carbocycles. The number of nitrogens with two attached hydrogens (primary N) is 1. The van der Waals surface area contributed by atoms with Crippen molar-refractivity contribution in [3.8, 4) is 0 Å². The molecule has 0 saturated heterocycles. The van der Waals surface area contributed by atoms with E-state index in [0.29, 0.717) is 11.7 Å². The highest BCUT2D eigenvalue weighted by molar-refractivity contribution is 5.26. The number of alkyl halides is 1. The van der Waals surface area contributed by atoms with Crippen LogP contribution in [0.25, 0.3) is 0 Å². The van der Waals surface area contributed by atoms with Gasteiger partial charge in [0.25, 0.3) is 0 Å². The first kappa shape index (κ1) is 17.4. The molecule has 1 rings (SSSR count). The van der Waals surface area contributed by atoms with Gasteiger partial charge in [0.1, 0.15) is 6.23 Å². The number of aromatic nitrogens is 2. The van der Waals surface area contributed by atoms with E-state index in [4.69, 9.17) is 15.6 Å². The highest BCUT2D eigenvalue weighted by Gasteiger charge is 2.17. The first-order valence-corrected chi connectivity index (χ1v) is 5.23. The number of rotatable bonds is 5. The number of anilines is 1. The summed E-state index contributed by atoms with van der Waals surface area (Å²) in [7, 11) is 1.85. The summed E-state index contributed by atoms with van der Waals surface area (Å²) < 4.78 is 28.1. The third-order valence-corrected chi connectivity index (χ3v) is 2.27. The van der Waals surface area contributed by atoms with Crippen molar-refractivity contribution in [2.24, 2.45) is 0 Å². The fourth-order valence-corrected chi connectivity index (χ4v) is 1.27. The van der Waals surface area contributed by atoms with Crippen LogP contribution in [0.1, 0.15) is 12.6 Å². The van der Waals surface area contributed by atoms with Crippen LogP contribution in [-0.4, -0.2) is 46.8 Å². The van der Waals surface area contributed by atoms with Gasteiger partial charge in [0.05, 0.1) is 26.1 Å². The van der Waals surface area contributed by atoms with Crippen molar-refractivity contribution in [1.82, 2.24) is 9.55 Å². The topological polar surface area (TPSA) is 111 Å². The van der Waals surface area contributed by atoms with Crippen LogP contribution in [0.5, 0.6) is 0 Å². The Labute approximate surface area is 108 Å². The molecule has 2 atom stereocenters. The summed E-state index contributed by atoms with van der Waals surface area (Å²) in [6.45, 7) is -0.326. The normalized spacial score (nSPS) is 13.4. The molecule has 0 aromatic carbocycles. The lowest BCUT2D eigenvalue weighted by atomic mass is 10.2. The molecule has 1 aromatic rings. The SMILES string of the molecule is CF.COC(CO)CC(O)n1cc(F)c(N)nc1=O. The molecule has 19 heavy (non-hydrogen) atoms. The number of aliphatic hydroxyl groups excluding tert-OH is 2. The first-order valence-electron chi connectivity index (χ1n) is 5.23. The molecular formula is C10H17F2N3O4. The van der Waals surface area contributed by atoms with Crippen LogP contribution in [0.3, 0.4) is 0 Å². The van der Waals surface area contributed by atoms with Crippen LogP contribution in [-0.2, 0) is 4.74 Å². The molecular weight excluding hydrogens is 264 g/mol. The average Bonchev–Trinajstić information content (AvgIpc) is 2.42. The van der Waals surface area contributed by atoms with Gasteiger partial charge in [-0.3, -0.25) is 8.96 Å². The molecule has 0 aliphatic rings. The lowest BCUT2D eigenvalue weighted by molar-refractivity contribution is -0.0144. The van der Waals surface area contributed by atoms with Crippen LogP contribution < -0.4 is 11.4 Å². The predicted octanol–water partition coefficient (Wildman–Crippen LogP) is -0.561. The van der Waals surface area contributed by atoms with Gasteiger partial charge >= 0.3 is 5.69 Å². The quantitative estimate of drug-likeness (QED) is 0.667. The maximum absolute atomic E-state index is 13.1. The standard InChI is InChI=1S/C9H14FN3O4.CH3F/c1-17-5(4-14)2-7(15)13-3-6(10)8(11)12-9(13)16;1-2/h3,5,7,14-15H,2,4H2,1H3,(H2,11,12,16);1H3. The predicted molar refractivity (Wildman–Crippen MR) is 63.7 cm³/mol. The largest absolute Gasteiger partial charge is 0.394 e. The molecule has 0 fully saturated rings. The van der Waals surface area contributed by atoms with Crippen LogP contribution in [0.4, 0.5) is 14.6 Å². The number of hydrogen-bond acceptors (Lipinski definition) is 6. The van der Waals surface area contributed by atoms with Gasteiger partial charge in [0.15, 0.2) is 11.6 Å². The van der Waals surface area contributed by atoms with Gasteiger partial charge in [0, 0.05) is 13.5 Å². The van der Waals surface area contributed by atoms with Gasteiger partial charge in [-0.2, -0.15) is 4.98 Å². The summed E-state index contributed by atoms with van der Waals surface area (Å²) in [6, 6.07) is 0. The highest BCUT2D eigenvalue weighted by Crippen LogP contribution is 2.11. The molecule has 0 aliphatic heterocycles. The van der Waals surface area contributed by atoms with Gasteiger partial charge in [-0.05, 0) is 0 Å². The number of nitrogens with zero attached hydrogens (tertiary/aromatic N) is 2. The second-order valence-corrected chi connectivity index (χ2v) is 3.42. The van der Waals surface area contributed by atoms with Crippen LogP contribution in [0.15, 0.2) is 11.0 Å². The minimum atomic E-state index is -1.35. The fraction of sp³-hybridized carbons (Fsp3) is 0.600. The summed E-state index contributed by atoms with van der Waals surface area (Å²) in [4.78, 5) is 14.5. The zero-order valence-electron chi connectivity index (χ0n) is 10.6. The van der Waals surface area contributed by atoms with Crippen LogP contribution in [0.2, 0.25) is 0 Å². The Morgan fingerprint density at radius 1 is 1.58 bits per heavy atom. The molecule has 4 N–H and O–H groups in total. The number of hydrogen-bond donors (Lipinski definition) is 3. The van der Waals surface area contributed by atoms with Gasteiger partial charge < -0.3 is 20.7 Å². The van der Waals surface area contributed by atoms with Crippen molar-refractivity contribution >= 4 is 5.82 Å². The molecule has 1 heterocycles. The minimum absolute atomic E-state index is 0.0715. The van der Waals surface area contributed by atoms with E-state index in [1.54, 1.807) is 0 Å². The van der Waals surface area contributed by atoms with Crippen molar-refractivity contribution in [3.05, 3.63) is 22.5 Å². The molecule has 0 radical (unpaired) electrons. The summed E-state index contributed by atoms with van der Waals surface area (Å²) in [5.41, 5.74) is 4.23. The first-order chi connectivity index (χ1) is 8.99. The lowest BCUT2D eigenvalue weighted by Crippen LogP contribution is -2.31. The van der Waals surface area contributed by atoms with Crippen LogP contribution in [0, 0.1) is 5.82 Å². The Morgan fingerprint density at radius 2 is 2.16 bits per heavy atom. The van der Waals surface area contributed by atoms with Gasteiger partial charge in [-0.1, -0.05) is 0 Å². The Balaban J connectivity index is 0.00000154. The molecule has 2 unspecified atom stereocenters. The second kappa shape index (κ2) is 8.51. The second-order valence-electron chi connectivity index (χ2n) is 3.42. The van der Waals surface area contributed by atoms with E-state index in [2.05, 4.69) is 4.98 Å². The van der Waals surface area contributed by atoms with Crippen molar-refractivity contribution in [2.75, 3.05) is 26.6 Å². The van der Waals surface area contributed by atoms with Crippen molar-refractivity contribution in [3.63, 3.8) is 0 Å². The number of nitrogen functional groups attached to an aromatic ring is 1. The summed E-state index contributed by atoms with van der Waals surface area (Å²) in [5, 5.41) is 18.5. The van der Waals surface area contributed by atoms with E-state index >= 15 is 0 Å². The summed E-state index contributed by atoms with van der Waals surface area (Å²) in [6.07, 6.45) is -1.31. The van der Waals surface area contributed by atoms with Crippen molar-refractivity contribution in [2.45, 2.75) is 18.8 Å². The molecule has 7 nitrogen and oxygen atoms in total. The summed E-state index contributed by atoms with van der Waals surface area (Å²) >= 11 is 0. The van der Waals surface area contributed by atoms with Gasteiger partial charge in [0.2, 0.25) is 0 Å². The molecule has 0 amide bonds. The number of methoxy groups -OCH3 is 1. The van der Waals surface area contributed by atoms with E-state index in [1.807, 2.05) is 0 Å². The molecule has 0 bridgehead atoms. The van der Waals surface area contributed by atoms with Crippen molar-refractivity contribution < 1.29 is 23.7 Å². The van der Waals surface area contributed by atoms with E-state index in [9.17, 15) is 18.7 Å². The molecule has 9 heteroatoms. The van der Waals surface area contributed by atoms with E-state index in [-0.39, 0.29) is 13.0 Å². The summed E-state index contributed by atoms with van der Waals surface area (Å²) in [5.74, 6) is -1.43. The number of aliphatic hydroxyl groups is 2. The fourth-order valence-electron chi connectivity index (χ4n) is 1.27. The molecule has 110 valence electrons. The highest BCUT2D eigenvalue weighted by atomic mass is 19.1. The minimum Gasteiger partial charge on any atom is -0.394 e. The van der Waals surface area contributed by atoms with Gasteiger partial charge in [-0.15, -0.1) is 0 Å². The van der Waals surface area contributed by atoms with E-state index in [0.717, 1.165) is 6.20 Å². The monoisotopic (exact) mass is 281 g/mol. The van der Waals surface area contributed by atoms with Gasteiger partial charge in [-0.25, -0.2) is 9.18 Å². The maximum Gasteiger partial charge on any atom is 0.351 e. The number of halogens is 2. The van der Waals surface area contributed by atoms with Crippen LogP contribution >= 0.6 is 0 Å². The maximum atomic E-state index is 13.1. The molecule has 1 aromatic heterocycles. The Morgan fingerprint density at radius 3 is 2.63 bits per heavy atom. The smallest absolute Gasteiger partial charge is 0.351 e. The lowest BCUT2D eigenvalue weighted by Gasteiger charge is -2.18. The zero-order valence-corrected chi connectivity index (χ0v) is 10.6. The zero-order chi connectivity index (χ0) is 15.0.